The van der Waals surface area contributed by atoms with Crippen LogP contribution < -0.4 is 10.5 Å². The van der Waals surface area contributed by atoms with Gasteiger partial charge in [-0.2, -0.15) is 0 Å². The Bertz CT molecular complexity index is 594. The number of nitrogens with zero attached hydrogens (tertiary/aromatic N) is 2. The standard InChI is InChI=1S/C15H19N3O/c1-9(2)11-5-6-12(13(7-11)19-4)15-14(16)10(3)17-8-18-15/h5-9H,16H2,1-4H3. The average Bonchev–Trinajstić information content (AvgIpc) is 2.41. The molecule has 1 aromatic carbocycles. The second-order valence-electron chi connectivity index (χ2n) is 4.84. The Morgan fingerprint density at radius 2 is 1.95 bits per heavy atom. The molecule has 19 heavy (non-hydrogen) atoms. The minimum Gasteiger partial charge on any atom is -0.496 e. The molecule has 4 heteroatoms. The molecule has 100 valence electrons. The molecule has 0 bridgehead atoms. The fourth-order valence-electron chi connectivity index (χ4n) is 1.96. The molecule has 0 aliphatic carbocycles. The molecule has 4 nitrogen and oxygen atoms in total. The summed E-state index contributed by atoms with van der Waals surface area (Å²) in [6.45, 7) is 6.17. The minimum atomic E-state index is 0.451. The van der Waals surface area contributed by atoms with Gasteiger partial charge < -0.3 is 10.5 Å². The van der Waals surface area contributed by atoms with Gasteiger partial charge in [-0.1, -0.05) is 19.9 Å². The van der Waals surface area contributed by atoms with Crippen LogP contribution in [0.5, 0.6) is 5.75 Å². The SMILES string of the molecule is COc1cc(C(C)C)ccc1-c1ncnc(C)c1N. The number of benzene rings is 1. The molecule has 1 aromatic heterocycles. The Hall–Kier alpha value is -2.10. The van der Waals surface area contributed by atoms with E-state index in [9.17, 15) is 0 Å². The molecule has 0 spiro atoms. The quantitative estimate of drug-likeness (QED) is 0.917. The van der Waals surface area contributed by atoms with Crippen LogP contribution in [0.3, 0.4) is 0 Å². The first kappa shape index (κ1) is 13.3. The number of rotatable bonds is 3. The molecule has 0 saturated heterocycles. The van der Waals surface area contributed by atoms with Gasteiger partial charge in [0.05, 0.1) is 18.5 Å². The molecule has 1 heterocycles. The fourth-order valence-corrected chi connectivity index (χ4v) is 1.96. The third-order valence-electron chi connectivity index (χ3n) is 3.23. The highest BCUT2D eigenvalue weighted by Gasteiger charge is 2.13. The maximum Gasteiger partial charge on any atom is 0.128 e. The molecule has 2 aromatic rings. The second-order valence-corrected chi connectivity index (χ2v) is 4.84. The molecular weight excluding hydrogens is 238 g/mol. The van der Waals surface area contributed by atoms with Crippen LogP contribution in [0, 0.1) is 6.92 Å². The van der Waals surface area contributed by atoms with Crippen molar-refractivity contribution in [2.45, 2.75) is 26.7 Å². The zero-order chi connectivity index (χ0) is 14.0. The summed E-state index contributed by atoms with van der Waals surface area (Å²) < 4.78 is 5.47. The number of nitrogen functional groups attached to an aromatic ring is 1. The number of aryl methyl sites for hydroxylation is 1. The predicted molar refractivity (Wildman–Crippen MR) is 77.3 cm³/mol. The summed E-state index contributed by atoms with van der Waals surface area (Å²) in [5.74, 6) is 1.24. The van der Waals surface area contributed by atoms with Crippen molar-refractivity contribution < 1.29 is 4.74 Å². The van der Waals surface area contributed by atoms with Gasteiger partial charge in [0.25, 0.3) is 0 Å². The van der Waals surface area contributed by atoms with Crippen LogP contribution >= 0.6 is 0 Å². The number of ether oxygens (including phenoxy) is 1. The van der Waals surface area contributed by atoms with Crippen LogP contribution in [0.2, 0.25) is 0 Å². The Kier molecular flexibility index (Phi) is 3.69. The smallest absolute Gasteiger partial charge is 0.128 e. The van der Waals surface area contributed by atoms with Gasteiger partial charge in [-0.15, -0.1) is 0 Å². The van der Waals surface area contributed by atoms with Gasteiger partial charge in [0.2, 0.25) is 0 Å². The van der Waals surface area contributed by atoms with Gasteiger partial charge in [0, 0.05) is 5.56 Å². The van der Waals surface area contributed by atoms with Crippen LogP contribution in [-0.4, -0.2) is 17.1 Å². The van der Waals surface area contributed by atoms with Crippen molar-refractivity contribution in [2.24, 2.45) is 0 Å². The van der Waals surface area contributed by atoms with E-state index in [1.54, 1.807) is 7.11 Å². The molecule has 0 amide bonds. The van der Waals surface area contributed by atoms with Crippen molar-refractivity contribution in [3.8, 4) is 17.0 Å². The molecule has 0 atom stereocenters. The molecule has 0 aliphatic heterocycles. The highest BCUT2D eigenvalue weighted by Crippen LogP contribution is 2.34. The van der Waals surface area contributed by atoms with E-state index in [4.69, 9.17) is 10.5 Å². The van der Waals surface area contributed by atoms with E-state index in [2.05, 4.69) is 29.9 Å². The summed E-state index contributed by atoms with van der Waals surface area (Å²) in [4.78, 5) is 8.37. The Balaban J connectivity index is 2.59. The maximum atomic E-state index is 6.06. The average molecular weight is 257 g/mol. The van der Waals surface area contributed by atoms with E-state index in [0.717, 1.165) is 22.7 Å². The van der Waals surface area contributed by atoms with E-state index < -0.39 is 0 Å². The topological polar surface area (TPSA) is 61.0 Å². The third-order valence-corrected chi connectivity index (χ3v) is 3.23. The summed E-state index contributed by atoms with van der Waals surface area (Å²) in [5, 5.41) is 0. The van der Waals surface area contributed by atoms with Gasteiger partial charge in [-0.05, 0) is 30.5 Å². The lowest BCUT2D eigenvalue weighted by Gasteiger charge is -2.14. The van der Waals surface area contributed by atoms with Gasteiger partial charge in [0.15, 0.2) is 0 Å². The van der Waals surface area contributed by atoms with Gasteiger partial charge >= 0.3 is 0 Å². The molecule has 0 fully saturated rings. The summed E-state index contributed by atoms with van der Waals surface area (Å²) in [6.07, 6.45) is 1.52. The van der Waals surface area contributed by atoms with Crippen molar-refractivity contribution in [2.75, 3.05) is 12.8 Å². The number of anilines is 1. The zero-order valence-corrected chi connectivity index (χ0v) is 11.8. The zero-order valence-electron chi connectivity index (χ0n) is 11.8. The molecule has 0 aliphatic rings. The number of methoxy groups -OCH3 is 1. The van der Waals surface area contributed by atoms with Gasteiger partial charge in [-0.25, -0.2) is 9.97 Å². The predicted octanol–water partition coefficient (Wildman–Crippen LogP) is 3.17. The van der Waals surface area contributed by atoms with E-state index >= 15 is 0 Å². The largest absolute Gasteiger partial charge is 0.496 e. The van der Waals surface area contributed by atoms with Crippen LogP contribution in [0.15, 0.2) is 24.5 Å². The monoisotopic (exact) mass is 257 g/mol. The molecular formula is C15H19N3O. The Labute approximate surface area is 113 Å². The van der Waals surface area contributed by atoms with Crippen LogP contribution in [0.4, 0.5) is 5.69 Å². The summed E-state index contributed by atoms with van der Waals surface area (Å²) in [7, 11) is 1.66. The van der Waals surface area contributed by atoms with E-state index in [0.29, 0.717) is 11.6 Å². The Morgan fingerprint density at radius 3 is 2.58 bits per heavy atom. The lowest BCUT2D eigenvalue weighted by Crippen LogP contribution is -2.01. The first-order valence-electron chi connectivity index (χ1n) is 6.30. The second kappa shape index (κ2) is 5.26. The molecule has 2 rings (SSSR count). The highest BCUT2D eigenvalue weighted by atomic mass is 16.5. The van der Waals surface area contributed by atoms with Crippen LogP contribution in [0.25, 0.3) is 11.3 Å². The van der Waals surface area contributed by atoms with Crippen LogP contribution in [-0.2, 0) is 0 Å². The van der Waals surface area contributed by atoms with Crippen molar-refractivity contribution in [3.63, 3.8) is 0 Å². The third kappa shape index (κ3) is 2.52. The minimum absolute atomic E-state index is 0.451. The molecule has 0 unspecified atom stereocenters. The number of aromatic nitrogens is 2. The van der Waals surface area contributed by atoms with Crippen LogP contribution in [0.1, 0.15) is 31.0 Å². The van der Waals surface area contributed by atoms with Crippen molar-refractivity contribution >= 4 is 5.69 Å². The normalized spacial score (nSPS) is 10.8. The van der Waals surface area contributed by atoms with E-state index in [1.165, 1.54) is 11.9 Å². The first-order chi connectivity index (χ1) is 9.04. The lowest BCUT2D eigenvalue weighted by atomic mass is 9.99. The van der Waals surface area contributed by atoms with Gasteiger partial charge in [0.1, 0.15) is 17.8 Å². The van der Waals surface area contributed by atoms with Crippen molar-refractivity contribution in [1.82, 2.24) is 9.97 Å². The molecule has 0 radical (unpaired) electrons. The van der Waals surface area contributed by atoms with Gasteiger partial charge in [-0.3, -0.25) is 0 Å². The molecule has 2 N–H and O–H groups in total. The van der Waals surface area contributed by atoms with E-state index in [1.807, 2.05) is 19.1 Å². The lowest BCUT2D eigenvalue weighted by molar-refractivity contribution is 0.415. The Morgan fingerprint density at radius 1 is 1.21 bits per heavy atom. The molecule has 0 saturated carbocycles. The van der Waals surface area contributed by atoms with Crippen molar-refractivity contribution in [1.29, 1.82) is 0 Å². The van der Waals surface area contributed by atoms with Crippen molar-refractivity contribution in [3.05, 3.63) is 35.8 Å². The fraction of sp³-hybridized carbons (Fsp3) is 0.333. The number of nitrogens with two attached hydrogens (primary N) is 1. The number of hydrogen-bond donors (Lipinski definition) is 1. The summed E-state index contributed by atoms with van der Waals surface area (Å²) in [6, 6.07) is 6.13. The number of hydrogen-bond acceptors (Lipinski definition) is 4. The van der Waals surface area contributed by atoms with E-state index in [-0.39, 0.29) is 0 Å². The highest BCUT2D eigenvalue weighted by molar-refractivity contribution is 5.78. The summed E-state index contributed by atoms with van der Waals surface area (Å²) >= 11 is 0. The maximum absolute atomic E-state index is 6.06. The first-order valence-corrected chi connectivity index (χ1v) is 6.30. The summed E-state index contributed by atoms with van der Waals surface area (Å²) in [5.41, 5.74) is 10.3.